The molecule has 0 spiro atoms. The van der Waals surface area contributed by atoms with Crippen LogP contribution in [0, 0.1) is 12.7 Å². The van der Waals surface area contributed by atoms with Gasteiger partial charge in [-0.25, -0.2) is 4.39 Å². The minimum absolute atomic E-state index is 0.329. The molecule has 0 unspecified atom stereocenters. The van der Waals surface area contributed by atoms with Crippen LogP contribution in [0.5, 0.6) is 0 Å². The first-order valence-electron chi connectivity index (χ1n) is 7.22. The minimum atomic E-state index is -0.374. The normalized spacial score (nSPS) is 11.3. The predicted octanol–water partition coefficient (Wildman–Crippen LogP) is 5.69. The van der Waals surface area contributed by atoms with Crippen molar-refractivity contribution in [3.8, 4) is 0 Å². The van der Waals surface area contributed by atoms with E-state index in [-0.39, 0.29) is 5.82 Å². The number of aryl methyl sites for hydroxylation is 1. The van der Waals surface area contributed by atoms with Gasteiger partial charge in [0.15, 0.2) is 0 Å². The number of aromatic nitrogens is 2. The van der Waals surface area contributed by atoms with E-state index in [9.17, 15) is 4.39 Å². The number of nitrogens with zero attached hydrogens (tertiary/aromatic N) is 2. The van der Waals surface area contributed by atoms with Gasteiger partial charge in [0.1, 0.15) is 5.82 Å². The van der Waals surface area contributed by atoms with Crippen LogP contribution in [0.15, 0.2) is 45.3 Å². The van der Waals surface area contributed by atoms with Crippen LogP contribution in [0.1, 0.15) is 28.5 Å². The van der Waals surface area contributed by atoms with Gasteiger partial charge in [0.25, 0.3) is 0 Å². The molecule has 1 aromatic heterocycles. The number of hydrogen-bond donors (Lipinski definition) is 0. The standard InChI is InChI=1S/C18H13BrClFN2O/c1-11-2-3-12(8-15(11)19)9-18-23-22-17(24-18)7-5-13-4-6-14(21)10-16(13)20/h2-8,10H,9H2,1H3/b7-5+. The maximum Gasteiger partial charge on any atom is 0.240 e. The summed E-state index contributed by atoms with van der Waals surface area (Å²) >= 11 is 9.48. The van der Waals surface area contributed by atoms with Gasteiger partial charge in [-0.15, -0.1) is 10.2 Å². The maximum absolute atomic E-state index is 13.0. The van der Waals surface area contributed by atoms with Crippen molar-refractivity contribution < 1.29 is 8.81 Å². The van der Waals surface area contributed by atoms with Crippen LogP contribution in [-0.4, -0.2) is 10.2 Å². The molecule has 0 saturated carbocycles. The van der Waals surface area contributed by atoms with Crippen LogP contribution in [0.4, 0.5) is 4.39 Å². The highest BCUT2D eigenvalue weighted by atomic mass is 79.9. The molecule has 0 aliphatic heterocycles. The Hall–Kier alpha value is -1.98. The first kappa shape index (κ1) is 16.9. The summed E-state index contributed by atoms with van der Waals surface area (Å²) in [7, 11) is 0. The van der Waals surface area contributed by atoms with Gasteiger partial charge < -0.3 is 4.42 Å². The van der Waals surface area contributed by atoms with Crippen molar-refractivity contribution in [1.29, 1.82) is 0 Å². The van der Waals surface area contributed by atoms with Gasteiger partial charge in [-0.05, 0) is 47.9 Å². The molecule has 0 N–H and O–H groups in total. The Balaban J connectivity index is 1.73. The molecule has 0 saturated heterocycles. The largest absolute Gasteiger partial charge is 0.421 e. The summed E-state index contributed by atoms with van der Waals surface area (Å²) in [6.07, 6.45) is 3.92. The molecule has 0 fully saturated rings. The Bertz CT molecular complexity index is 908. The summed E-state index contributed by atoms with van der Waals surface area (Å²) < 4.78 is 19.7. The average molecular weight is 408 g/mol. The fraction of sp³-hybridized carbons (Fsp3) is 0.111. The molecule has 122 valence electrons. The lowest BCUT2D eigenvalue weighted by atomic mass is 10.1. The van der Waals surface area contributed by atoms with E-state index in [4.69, 9.17) is 16.0 Å². The number of rotatable bonds is 4. The second-order valence-corrected chi connectivity index (χ2v) is 6.56. The highest BCUT2D eigenvalue weighted by Gasteiger charge is 2.07. The number of hydrogen-bond acceptors (Lipinski definition) is 3. The van der Waals surface area contributed by atoms with Crippen molar-refractivity contribution in [2.45, 2.75) is 13.3 Å². The zero-order chi connectivity index (χ0) is 17.1. The van der Waals surface area contributed by atoms with Gasteiger partial charge in [-0.3, -0.25) is 0 Å². The molecule has 0 radical (unpaired) electrons. The van der Waals surface area contributed by atoms with E-state index < -0.39 is 0 Å². The highest BCUT2D eigenvalue weighted by Crippen LogP contribution is 2.21. The van der Waals surface area contributed by atoms with E-state index in [1.54, 1.807) is 18.2 Å². The molecule has 3 nitrogen and oxygen atoms in total. The summed E-state index contributed by atoms with van der Waals surface area (Å²) in [5.41, 5.74) is 2.93. The molecule has 24 heavy (non-hydrogen) atoms. The summed E-state index contributed by atoms with van der Waals surface area (Å²) in [5, 5.41) is 8.35. The van der Waals surface area contributed by atoms with E-state index in [1.165, 1.54) is 17.7 Å². The Morgan fingerprint density at radius 2 is 2.00 bits per heavy atom. The van der Waals surface area contributed by atoms with Gasteiger partial charge in [0.2, 0.25) is 11.8 Å². The van der Waals surface area contributed by atoms with E-state index in [0.29, 0.717) is 28.8 Å². The van der Waals surface area contributed by atoms with Crippen LogP contribution in [-0.2, 0) is 6.42 Å². The lowest BCUT2D eigenvalue weighted by molar-refractivity contribution is 0.496. The van der Waals surface area contributed by atoms with Crippen molar-refractivity contribution in [2.24, 2.45) is 0 Å². The third kappa shape index (κ3) is 4.10. The fourth-order valence-electron chi connectivity index (χ4n) is 2.12. The lowest BCUT2D eigenvalue weighted by Crippen LogP contribution is -1.89. The van der Waals surface area contributed by atoms with Crippen molar-refractivity contribution in [3.63, 3.8) is 0 Å². The van der Waals surface area contributed by atoms with Crippen LogP contribution < -0.4 is 0 Å². The fourth-order valence-corrected chi connectivity index (χ4v) is 2.78. The Morgan fingerprint density at radius 1 is 1.17 bits per heavy atom. The minimum Gasteiger partial charge on any atom is -0.421 e. The van der Waals surface area contributed by atoms with Crippen molar-refractivity contribution in [2.75, 3.05) is 0 Å². The lowest BCUT2D eigenvalue weighted by Gasteiger charge is -2.01. The molecule has 6 heteroatoms. The third-order valence-corrected chi connectivity index (χ3v) is 4.62. The zero-order valence-electron chi connectivity index (χ0n) is 12.8. The van der Waals surface area contributed by atoms with Crippen LogP contribution in [0.25, 0.3) is 12.2 Å². The van der Waals surface area contributed by atoms with Crippen LogP contribution >= 0.6 is 27.5 Å². The Kier molecular flexibility index (Phi) is 5.11. The van der Waals surface area contributed by atoms with Crippen LogP contribution in [0.3, 0.4) is 0 Å². The van der Waals surface area contributed by atoms with E-state index in [0.717, 1.165) is 10.0 Å². The molecule has 0 atom stereocenters. The molecule has 3 rings (SSSR count). The first-order chi connectivity index (χ1) is 11.5. The molecular weight excluding hydrogens is 395 g/mol. The SMILES string of the molecule is Cc1ccc(Cc2nnc(/C=C/c3ccc(F)cc3Cl)o2)cc1Br. The van der Waals surface area contributed by atoms with E-state index in [1.807, 2.05) is 25.1 Å². The zero-order valence-corrected chi connectivity index (χ0v) is 15.1. The average Bonchev–Trinajstić information content (AvgIpc) is 2.98. The first-order valence-corrected chi connectivity index (χ1v) is 8.39. The third-order valence-electron chi connectivity index (χ3n) is 3.44. The Labute approximate surface area is 152 Å². The summed E-state index contributed by atoms with van der Waals surface area (Å²) in [5.74, 6) is 0.522. The summed E-state index contributed by atoms with van der Waals surface area (Å²) in [6.45, 7) is 2.03. The molecule has 2 aromatic carbocycles. The number of benzene rings is 2. The monoisotopic (exact) mass is 406 g/mol. The van der Waals surface area contributed by atoms with Gasteiger partial charge in [0.05, 0.1) is 11.4 Å². The predicted molar refractivity (Wildman–Crippen MR) is 96.3 cm³/mol. The second kappa shape index (κ2) is 7.28. The van der Waals surface area contributed by atoms with E-state index in [2.05, 4.69) is 26.1 Å². The number of halogens is 3. The van der Waals surface area contributed by atoms with E-state index >= 15 is 0 Å². The van der Waals surface area contributed by atoms with Gasteiger partial charge >= 0.3 is 0 Å². The molecule has 1 heterocycles. The summed E-state index contributed by atoms with van der Waals surface area (Å²) in [6, 6.07) is 10.3. The van der Waals surface area contributed by atoms with Gasteiger partial charge in [-0.1, -0.05) is 45.7 Å². The molecule has 3 aromatic rings. The van der Waals surface area contributed by atoms with Gasteiger partial charge in [0, 0.05) is 10.5 Å². The quantitative estimate of drug-likeness (QED) is 0.557. The summed E-state index contributed by atoms with van der Waals surface area (Å²) in [4.78, 5) is 0. The highest BCUT2D eigenvalue weighted by molar-refractivity contribution is 9.10. The molecule has 0 aliphatic carbocycles. The van der Waals surface area contributed by atoms with Crippen LogP contribution in [0.2, 0.25) is 5.02 Å². The molecular formula is C18H13BrClFN2O. The molecule has 0 aliphatic rings. The smallest absolute Gasteiger partial charge is 0.240 e. The van der Waals surface area contributed by atoms with Crippen molar-refractivity contribution in [1.82, 2.24) is 10.2 Å². The van der Waals surface area contributed by atoms with Gasteiger partial charge in [-0.2, -0.15) is 0 Å². The van der Waals surface area contributed by atoms with Crippen molar-refractivity contribution >= 4 is 39.7 Å². The molecule has 0 amide bonds. The maximum atomic E-state index is 13.0. The second-order valence-electron chi connectivity index (χ2n) is 5.29. The Morgan fingerprint density at radius 3 is 2.75 bits per heavy atom. The molecule has 0 bridgehead atoms. The van der Waals surface area contributed by atoms with Crippen molar-refractivity contribution in [3.05, 3.63) is 80.2 Å². The topological polar surface area (TPSA) is 38.9 Å².